The molecule has 0 radical (unpaired) electrons. The normalized spacial score (nSPS) is 15.8. The molecule has 0 saturated heterocycles. The van der Waals surface area contributed by atoms with Crippen molar-refractivity contribution in [2.75, 3.05) is 6.54 Å². The third-order valence-electron chi connectivity index (χ3n) is 4.19. The molecule has 3 rings (SSSR count). The van der Waals surface area contributed by atoms with Gasteiger partial charge in [-0.15, -0.1) is 0 Å². The molecule has 0 spiro atoms. The number of hydrogen-bond acceptors (Lipinski definition) is 2. The van der Waals surface area contributed by atoms with Gasteiger partial charge in [-0.2, -0.15) is 0 Å². The molecule has 0 atom stereocenters. The zero-order valence-electron chi connectivity index (χ0n) is 12.2. The largest absolute Gasteiger partial charge is 0.412 e. The Hall–Kier alpha value is -2.03. The first-order chi connectivity index (χ1) is 10.3. The predicted molar refractivity (Wildman–Crippen MR) is 84.5 cm³/mol. The summed E-state index contributed by atoms with van der Waals surface area (Å²) in [4.78, 5) is 11.9. The Morgan fingerprint density at radius 3 is 2.62 bits per heavy atom. The van der Waals surface area contributed by atoms with E-state index in [1.54, 1.807) is 0 Å². The molecule has 1 saturated carbocycles. The fourth-order valence-corrected chi connectivity index (χ4v) is 2.99. The highest BCUT2D eigenvalue weighted by atomic mass is 16.6. The van der Waals surface area contributed by atoms with E-state index in [0.29, 0.717) is 11.7 Å². The van der Waals surface area contributed by atoms with Gasteiger partial charge in [-0.05, 0) is 41.7 Å². The van der Waals surface area contributed by atoms with Crippen molar-refractivity contribution in [3.63, 3.8) is 0 Å². The lowest BCUT2D eigenvalue weighted by Gasteiger charge is -2.21. The number of hydrogen-bond donors (Lipinski definition) is 1. The first-order valence-electron chi connectivity index (χ1n) is 7.76. The van der Waals surface area contributed by atoms with Crippen LogP contribution in [0.3, 0.4) is 0 Å². The van der Waals surface area contributed by atoms with Crippen LogP contribution in [0.15, 0.2) is 42.5 Å². The smallest absolute Gasteiger partial charge is 0.410 e. The molecule has 0 heterocycles. The number of fused-ring (bicyclic) bond motifs is 1. The second-order valence-corrected chi connectivity index (χ2v) is 5.78. The van der Waals surface area contributed by atoms with Gasteiger partial charge < -0.3 is 10.1 Å². The Labute approximate surface area is 125 Å². The molecule has 1 aliphatic rings. The van der Waals surface area contributed by atoms with Crippen LogP contribution in [-0.2, 0) is 0 Å². The molecule has 1 aliphatic carbocycles. The predicted octanol–water partition coefficient (Wildman–Crippen LogP) is 4.51. The maximum atomic E-state index is 11.9. The maximum Gasteiger partial charge on any atom is 0.412 e. The van der Waals surface area contributed by atoms with Gasteiger partial charge in [-0.3, -0.25) is 0 Å². The molecule has 1 N–H and O–H groups in total. The topological polar surface area (TPSA) is 38.3 Å². The molecular weight excluding hydrogens is 262 g/mol. The molecule has 21 heavy (non-hydrogen) atoms. The lowest BCUT2D eigenvalue weighted by Crippen LogP contribution is -2.32. The van der Waals surface area contributed by atoms with E-state index in [-0.39, 0.29) is 6.09 Å². The van der Waals surface area contributed by atoms with E-state index < -0.39 is 0 Å². The lowest BCUT2D eigenvalue weighted by atomic mass is 9.89. The van der Waals surface area contributed by atoms with E-state index in [1.165, 1.54) is 32.1 Å². The third-order valence-corrected chi connectivity index (χ3v) is 4.19. The van der Waals surface area contributed by atoms with Gasteiger partial charge in [0.1, 0.15) is 5.75 Å². The summed E-state index contributed by atoms with van der Waals surface area (Å²) in [6, 6.07) is 13.7. The number of amides is 1. The lowest BCUT2D eigenvalue weighted by molar-refractivity contribution is 0.196. The third kappa shape index (κ3) is 3.75. The summed E-state index contributed by atoms with van der Waals surface area (Å²) in [5.41, 5.74) is 0. The Balaban J connectivity index is 1.55. The molecule has 3 nitrogen and oxygen atoms in total. The van der Waals surface area contributed by atoms with Crippen LogP contribution in [0.5, 0.6) is 5.75 Å². The van der Waals surface area contributed by atoms with Crippen LogP contribution in [-0.4, -0.2) is 12.6 Å². The summed E-state index contributed by atoms with van der Waals surface area (Å²) in [6.45, 7) is 0.729. The molecular formula is C18H21NO2. The molecule has 1 fully saturated rings. The minimum absolute atomic E-state index is 0.351. The first-order valence-corrected chi connectivity index (χ1v) is 7.76. The number of nitrogens with one attached hydrogen (secondary N) is 1. The van der Waals surface area contributed by atoms with Crippen LogP contribution in [0.2, 0.25) is 0 Å². The standard InChI is InChI=1S/C18H21NO2/c20-18(19-13-14-6-2-1-3-7-14)21-17-11-10-15-8-4-5-9-16(15)12-17/h4-5,8-12,14H,1-3,6-7,13H2,(H,19,20). The van der Waals surface area contributed by atoms with Gasteiger partial charge in [0, 0.05) is 6.54 Å². The SMILES string of the molecule is O=C(NCC1CCCCC1)Oc1ccc2ccccc2c1. The van der Waals surface area contributed by atoms with E-state index in [4.69, 9.17) is 4.74 Å². The molecule has 1 amide bonds. The summed E-state index contributed by atoms with van der Waals surface area (Å²) < 4.78 is 5.36. The Morgan fingerprint density at radius 2 is 1.81 bits per heavy atom. The number of rotatable bonds is 3. The first kappa shape index (κ1) is 13.9. The molecule has 0 aromatic heterocycles. The second kappa shape index (κ2) is 6.61. The molecule has 0 bridgehead atoms. The monoisotopic (exact) mass is 283 g/mol. The van der Waals surface area contributed by atoms with Crippen LogP contribution < -0.4 is 10.1 Å². The molecule has 110 valence electrons. The van der Waals surface area contributed by atoms with Crippen molar-refractivity contribution < 1.29 is 9.53 Å². The van der Waals surface area contributed by atoms with E-state index in [9.17, 15) is 4.79 Å². The summed E-state index contributed by atoms with van der Waals surface area (Å²) in [6.07, 6.45) is 5.98. The van der Waals surface area contributed by atoms with E-state index >= 15 is 0 Å². The highest BCUT2D eigenvalue weighted by Gasteiger charge is 2.14. The summed E-state index contributed by atoms with van der Waals surface area (Å²) >= 11 is 0. The van der Waals surface area contributed by atoms with Crippen LogP contribution in [0, 0.1) is 5.92 Å². The van der Waals surface area contributed by atoms with Gasteiger partial charge >= 0.3 is 6.09 Å². The van der Waals surface area contributed by atoms with Crippen molar-refractivity contribution in [3.8, 4) is 5.75 Å². The number of benzene rings is 2. The summed E-state index contributed by atoms with van der Waals surface area (Å²) in [5.74, 6) is 1.21. The van der Waals surface area contributed by atoms with Gasteiger partial charge in [0.25, 0.3) is 0 Å². The minimum atomic E-state index is -0.351. The fourth-order valence-electron chi connectivity index (χ4n) is 2.99. The van der Waals surface area contributed by atoms with Crippen LogP contribution in [0.25, 0.3) is 10.8 Å². The minimum Gasteiger partial charge on any atom is -0.410 e. The van der Waals surface area contributed by atoms with Crippen molar-refractivity contribution in [2.45, 2.75) is 32.1 Å². The molecule has 0 aliphatic heterocycles. The van der Waals surface area contributed by atoms with Gasteiger partial charge in [0.15, 0.2) is 0 Å². The van der Waals surface area contributed by atoms with E-state index in [2.05, 4.69) is 5.32 Å². The highest BCUT2D eigenvalue weighted by molar-refractivity contribution is 5.84. The quantitative estimate of drug-likeness (QED) is 0.900. The highest BCUT2D eigenvalue weighted by Crippen LogP contribution is 2.23. The molecule has 2 aromatic carbocycles. The zero-order valence-corrected chi connectivity index (χ0v) is 12.2. The molecule has 3 heteroatoms. The van der Waals surface area contributed by atoms with Crippen molar-refractivity contribution in [1.82, 2.24) is 5.32 Å². The molecule has 2 aromatic rings. The van der Waals surface area contributed by atoms with Crippen molar-refractivity contribution in [2.24, 2.45) is 5.92 Å². The number of carbonyl (C=O) groups excluding carboxylic acids is 1. The maximum absolute atomic E-state index is 11.9. The summed E-state index contributed by atoms with van der Waals surface area (Å²) in [7, 11) is 0. The molecule has 0 unspecified atom stereocenters. The van der Waals surface area contributed by atoms with Crippen molar-refractivity contribution >= 4 is 16.9 Å². The van der Waals surface area contributed by atoms with Crippen LogP contribution in [0.1, 0.15) is 32.1 Å². The van der Waals surface area contributed by atoms with Gasteiger partial charge in [0.2, 0.25) is 0 Å². The summed E-state index contributed by atoms with van der Waals surface area (Å²) in [5, 5.41) is 5.11. The van der Waals surface area contributed by atoms with Crippen molar-refractivity contribution in [3.05, 3.63) is 42.5 Å². The van der Waals surface area contributed by atoms with Gasteiger partial charge in [-0.1, -0.05) is 49.6 Å². The van der Waals surface area contributed by atoms with Gasteiger partial charge in [-0.25, -0.2) is 4.79 Å². The second-order valence-electron chi connectivity index (χ2n) is 5.78. The Kier molecular flexibility index (Phi) is 4.39. The average Bonchev–Trinajstić information content (AvgIpc) is 2.54. The van der Waals surface area contributed by atoms with Gasteiger partial charge in [0.05, 0.1) is 0 Å². The van der Waals surface area contributed by atoms with Crippen LogP contribution >= 0.6 is 0 Å². The van der Waals surface area contributed by atoms with E-state index in [1.807, 2.05) is 42.5 Å². The zero-order chi connectivity index (χ0) is 14.5. The Bertz CT molecular complexity index is 617. The Morgan fingerprint density at radius 1 is 1.05 bits per heavy atom. The number of ether oxygens (including phenoxy) is 1. The average molecular weight is 283 g/mol. The van der Waals surface area contributed by atoms with Crippen LogP contribution in [0.4, 0.5) is 4.79 Å². The number of carbonyl (C=O) groups is 1. The van der Waals surface area contributed by atoms with Crippen molar-refractivity contribution in [1.29, 1.82) is 0 Å². The van der Waals surface area contributed by atoms with E-state index in [0.717, 1.165) is 17.3 Å². The fraction of sp³-hybridized carbons (Fsp3) is 0.389.